The molecule has 0 radical (unpaired) electrons. The van der Waals surface area contributed by atoms with Crippen LogP contribution in [-0.2, 0) is 6.54 Å². The van der Waals surface area contributed by atoms with Crippen molar-refractivity contribution < 1.29 is 4.39 Å². The van der Waals surface area contributed by atoms with Crippen LogP contribution in [0, 0.1) is 5.82 Å². The van der Waals surface area contributed by atoms with E-state index in [1.165, 1.54) is 12.1 Å². The van der Waals surface area contributed by atoms with E-state index in [2.05, 4.69) is 10.2 Å². The highest BCUT2D eigenvalue weighted by molar-refractivity contribution is 6.31. The van der Waals surface area contributed by atoms with Gasteiger partial charge >= 0.3 is 0 Å². The molecule has 0 aliphatic heterocycles. The monoisotopic (exact) mass is 306 g/mol. The molecule has 1 atom stereocenters. The van der Waals surface area contributed by atoms with Gasteiger partial charge in [-0.3, -0.25) is 0 Å². The molecule has 0 heterocycles. The first-order valence-electron chi connectivity index (χ1n) is 6.94. The van der Waals surface area contributed by atoms with Crippen molar-refractivity contribution in [1.29, 1.82) is 0 Å². The van der Waals surface area contributed by atoms with Crippen molar-refractivity contribution in [3.63, 3.8) is 0 Å². The fourth-order valence-corrected chi connectivity index (χ4v) is 2.47. The van der Waals surface area contributed by atoms with E-state index in [1.54, 1.807) is 0 Å². The number of benzene rings is 2. The van der Waals surface area contributed by atoms with E-state index < -0.39 is 0 Å². The number of likely N-dealkylation sites (N-methyl/N-ethyl adjacent to an activating group) is 1. The van der Waals surface area contributed by atoms with Gasteiger partial charge in [0.1, 0.15) is 5.82 Å². The van der Waals surface area contributed by atoms with E-state index in [0.717, 1.165) is 22.7 Å². The summed E-state index contributed by atoms with van der Waals surface area (Å²) in [5, 5.41) is 4.19. The van der Waals surface area contributed by atoms with Crippen molar-refractivity contribution in [2.45, 2.75) is 12.6 Å². The van der Waals surface area contributed by atoms with E-state index in [9.17, 15) is 4.39 Å². The first-order valence-corrected chi connectivity index (χ1v) is 7.31. The van der Waals surface area contributed by atoms with Crippen molar-refractivity contribution in [3.8, 4) is 0 Å². The SMILES string of the molecule is CN(C)C(CNCc1ccccc1Cl)c1ccc(F)cc1. The Labute approximate surface area is 130 Å². The fourth-order valence-electron chi connectivity index (χ4n) is 2.27. The lowest BCUT2D eigenvalue weighted by molar-refractivity contribution is 0.288. The molecule has 2 aromatic rings. The Kier molecular flexibility index (Phi) is 5.74. The number of nitrogens with one attached hydrogen (secondary N) is 1. The van der Waals surface area contributed by atoms with Crippen LogP contribution in [0.4, 0.5) is 4.39 Å². The summed E-state index contributed by atoms with van der Waals surface area (Å²) in [6, 6.07) is 14.7. The standard InChI is InChI=1S/C17H20ClFN2/c1-21(2)17(13-7-9-15(19)10-8-13)12-20-11-14-5-3-4-6-16(14)18/h3-10,17,20H,11-12H2,1-2H3. The molecule has 2 nitrogen and oxygen atoms in total. The summed E-state index contributed by atoms with van der Waals surface area (Å²) < 4.78 is 13.0. The summed E-state index contributed by atoms with van der Waals surface area (Å²) >= 11 is 6.14. The molecule has 2 aromatic carbocycles. The van der Waals surface area contributed by atoms with E-state index in [0.29, 0.717) is 6.54 Å². The van der Waals surface area contributed by atoms with Crippen molar-refractivity contribution in [3.05, 3.63) is 70.5 Å². The van der Waals surface area contributed by atoms with E-state index in [4.69, 9.17) is 11.6 Å². The molecular formula is C17H20ClFN2. The second-order valence-corrected chi connectivity index (χ2v) is 5.66. The van der Waals surface area contributed by atoms with Crippen molar-refractivity contribution in [1.82, 2.24) is 10.2 Å². The normalized spacial score (nSPS) is 12.6. The molecule has 0 saturated heterocycles. The Balaban J connectivity index is 1.98. The van der Waals surface area contributed by atoms with Gasteiger partial charge in [-0.15, -0.1) is 0 Å². The Morgan fingerprint density at radius 1 is 1.10 bits per heavy atom. The third-order valence-electron chi connectivity index (χ3n) is 3.49. The minimum Gasteiger partial charge on any atom is -0.311 e. The predicted octanol–water partition coefficient (Wildman–Crippen LogP) is 3.87. The second kappa shape index (κ2) is 7.55. The highest BCUT2D eigenvalue weighted by atomic mass is 35.5. The number of halogens is 2. The number of hydrogen-bond donors (Lipinski definition) is 1. The van der Waals surface area contributed by atoms with Crippen LogP contribution in [0.1, 0.15) is 17.2 Å². The van der Waals surface area contributed by atoms with Gasteiger partial charge in [-0.2, -0.15) is 0 Å². The molecule has 2 rings (SSSR count). The molecule has 1 unspecified atom stereocenters. The first kappa shape index (κ1) is 16.0. The van der Waals surface area contributed by atoms with Crippen LogP contribution >= 0.6 is 11.6 Å². The Morgan fingerprint density at radius 2 is 1.76 bits per heavy atom. The topological polar surface area (TPSA) is 15.3 Å². The van der Waals surface area contributed by atoms with Gasteiger partial charge in [0, 0.05) is 24.2 Å². The van der Waals surface area contributed by atoms with Crippen molar-refractivity contribution >= 4 is 11.6 Å². The molecule has 4 heteroatoms. The van der Waals surface area contributed by atoms with Gasteiger partial charge in [-0.1, -0.05) is 41.9 Å². The van der Waals surface area contributed by atoms with Gasteiger partial charge in [0.25, 0.3) is 0 Å². The van der Waals surface area contributed by atoms with Crippen LogP contribution in [-0.4, -0.2) is 25.5 Å². The first-order chi connectivity index (χ1) is 10.1. The molecular weight excluding hydrogens is 287 g/mol. The summed E-state index contributed by atoms with van der Waals surface area (Å²) in [5.41, 5.74) is 2.17. The van der Waals surface area contributed by atoms with Crippen molar-refractivity contribution in [2.75, 3.05) is 20.6 Å². The van der Waals surface area contributed by atoms with E-state index in [-0.39, 0.29) is 11.9 Å². The zero-order valence-corrected chi connectivity index (χ0v) is 13.1. The number of nitrogens with zero attached hydrogens (tertiary/aromatic N) is 1. The molecule has 0 amide bonds. The maximum atomic E-state index is 13.0. The molecule has 1 N–H and O–H groups in total. The zero-order valence-electron chi connectivity index (χ0n) is 12.3. The molecule has 0 bridgehead atoms. The van der Waals surface area contributed by atoms with E-state index >= 15 is 0 Å². The van der Waals surface area contributed by atoms with Crippen LogP contribution in [0.3, 0.4) is 0 Å². The number of rotatable bonds is 6. The van der Waals surface area contributed by atoms with Gasteiger partial charge in [-0.25, -0.2) is 4.39 Å². The van der Waals surface area contributed by atoms with Crippen LogP contribution in [0.5, 0.6) is 0 Å². The lowest BCUT2D eigenvalue weighted by Gasteiger charge is -2.25. The zero-order chi connectivity index (χ0) is 15.2. The Morgan fingerprint density at radius 3 is 2.38 bits per heavy atom. The molecule has 112 valence electrons. The summed E-state index contributed by atoms with van der Waals surface area (Å²) in [6.45, 7) is 1.48. The highest BCUT2D eigenvalue weighted by Gasteiger charge is 2.13. The number of hydrogen-bond acceptors (Lipinski definition) is 2. The second-order valence-electron chi connectivity index (χ2n) is 5.25. The van der Waals surface area contributed by atoms with Gasteiger partial charge < -0.3 is 10.2 Å². The quantitative estimate of drug-likeness (QED) is 0.871. The molecule has 0 aliphatic rings. The third kappa shape index (κ3) is 4.53. The lowest BCUT2D eigenvalue weighted by atomic mass is 10.1. The van der Waals surface area contributed by atoms with Crippen LogP contribution in [0.25, 0.3) is 0 Å². The molecule has 0 fully saturated rings. The van der Waals surface area contributed by atoms with Crippen molar-refractivity contribution in [2.24, 2.45) is 0 Å². The summed E-state index contributed by atoms with van der Waals surface area (Å²) in [7, 11) is 4.04. The summed E-state index contributed by atoms with van der Waals surface area (Å²) in [6.07, 6.45) is 0. The maximum absolute atomic E-state index is 13.0. The van der Waals surface area contributed by atoms with Gasteiger partial charge in [0.2, 0.25) is 0 Å². The maximum Gasteiger partial charge on any atom is 0.123 e. The minimum absolute atomic E-state index is 0.188. The molecule has 0 aliphatic carbocycles. The minimum atomic E-state index is -0.208. The molecule has 0 aromatic heterocycles. The van der Waals surface area contributed by atoms with Gasteiger partial charge in [0.15, 0.2) is 0 Å². The molecule has 21 heavy (non-hydrogen) atoms. The van der Waals surface area contributed by atoms with Crippen LogP contribution in [0.2, 0.25) is 5.02 Å². The average molecular weight is 307 g/mol. The largest absolute Gasteiger partial charge is 0.311 e. The van der Waals surface area contributed by atoms with Gasteiger partial charge in [0.05, 0.1) is 0 Å². The third-order valence-corrected chi connectivity index (χ3v) is 3.86. The Hall–Kier alpha value is -1.42. The van der Waals surface area contributed by atoms with E-state index in [1.807, 2.05) is 50.5 Å². The highest BCUT2D eigenvalue weighted by Crippen LogP contribution is 2.19. The molecule has 0 spiro atoms. The lowest BCUT2D eigenvalue weighted by Crippen LogP contribution is -2.30. The Bertz CT molecular complexity index is 569. The van der Waals surface area contributed by atoms with Crippen LogP contribution < -0.4 is 5.32 Å². The average Bonchev–Trinajstić information content (AvgIpc) is 2.46. The fraction of sp³-hybridized carbons (Fsp3) is 0.294. The summed E-state index contributed by atoms with van der Waals surface area (Å²) in [4.78, 5) is 2.12. The van der Waals surface area contributed by atoms with Crippen LogP contribution in [0.15, 0.2) is 48.5 Å². The van der Waals surface area contributed by atoms with Gasteiger partial charge in [-0.05, 0) is 43.4 Å². The smallest absolute Gasteiger partial charge is 0.123 e. The molecule has 0 saturated carbocycles. The predicted molar refractivity (Wildman–Crippen MR) is 86.0 cm³/mol. The summed E-state index contributed by atoms with van der Waals surface area (Å²) in [5.74, 6) is -0.208.